The molecule has 88 valence electrons. The maximum atomic E-state index is 11.8. The van der Waals surface area contributed by atoms with Gasteiger partial charge in [-0.2, -0.15) is 0 Å². The van der Waals surface area contributed by atoms with Gasteiger partial charge in [0.05, 0.1) is 0 Å². The molecular formula is C12H24N2O. The van der Waals surface area contributed by atoms with Crippen LogP contribution >= 0.6 is 0 Å². The molecule has 1 amide bonds. The molecule has 0 aromatic rings. The number of carbonyl (C=O) groups is 1. The molecule has 1 fully saturated rings. The lowest BCUT2D eigenvalue weighted by atomic mass is 10.2. The predicted molar refractivity (Wildman–Crippen MR) is 62.6 cm³/mol. The van der Waals surface area contributed by atoms with Crippen molar-refractivity contribution in [1.82, 2.24) is 4.90 Å². The normalized spacial score (nSPS) is 17.5. The van der Waals surface area contributed by atoms with E-state index in [2.05, 4.69) is 4.90 Å². The Morgan fingerprint density at radius 2 is 1.67 bits per heavy atom. The molecule has 0 atom stereocenters. The first-order valence-electron chi connectivity index (χ1n) is 6.32. The molecule has 0 aromatic carbocycles. The maximum Gasteiger partial charge on any atom is 0.222 e. The zero-order valence-electron chi connectivity index (χ0n) is 9.71. The molecule has 1 aliphatic heterocycles. The summed E-state index contributed by atoms with van der Waals surface area (Å²) in [5.41, 5.74) is 5.41. The fourth-order valence-electron chi connectivity index (χ4n) is 2.08. The van der Waals surface area contributed by atoms with Crippen molar-refractivity contribution < 1.29 is 4.79 Å². The Kier molecular flexibility index (Phi) is 6.41. The molecule has 15 heavy (non-hydrogen) atoms. The van der Waals surface area contributed by atoms with Gasteiger partial charge in [-0.1, -0.05) is 19.3 Å². The summed E-state index contributed by atoms with van der Waals surface area (Å²) in [4.78, 5) is 13.9. The molecule has 0 aliphatic carbocycles. The SMILES string of the molecule is NCCCCCC(=O)N1CCCCCC1. The molecular weight excluding hydrogens is 188 g/mol. The molecule has 0 unspecified atom stereocenters. The van der Waals surface area contributed by atoms with E-state index in [0.29, 0.717) is 5.91 Å². The molecule has 2 N–H and O–H groups in total. The molecule has 0 radical (unpaired) electrons. The highest BCUT2D eigenvalue weighted by Gasteiger charge is 2.14. The number of nitrogens with two attached hydrogens (primary N) is 1. The van der Waals surface area contributed by atoms with Crippen molar-refractivity contribution in [3.05, 3.63) is 0 Å². The van der Waals surface area contributed by atoms with Gasteiger partial charge in [0.2, 0.25) is 5.91 Å². The van der Waals surface area contributed by atoms with Gasteiger partial charge in [-0.25, -0.2) is 0 Å². The summed E-state index contributed by atoms with van der Waals surface area (Å²) in [5, 5.41) is 0. The van der Waals surface area contributed by atoms with Gasteiger partial charge in [0.1, 0.15) is 0 Å². The molecule has 3 nitrogen and oxygen atoms in total. The molecule has 0 bridgehead atoms. The highest BCUT2D eigenvalue weighted by Crippen LogP contribution is 2.12. The summed E-state index contributed by atoms with van der Waals surface area (Å²) < 4.78 is 0. The molecule has 1 heterocycles. The van der Waals surface area contributed by atoms with E-state index in [4.69, 9.17) is 5.73 Å². The zero-order valence-corrected chi connectivity index (χ0v) is 9.71. The second kappa shape index (κ2) is 7.69. The number of hydrogen-bond donors (Lipinski definition) is 1. The lowest BCUT2D eigenvalue weighted by Crippen LogP contribution is -2.31. The Labute approximate surface area is 93.0 Å². The van der Waals surface area contributed by atoms with Crippen molar-refractivity contribution in [2.24, 2.45) is 5.73 Å². The first-order chi connectivity index (χ1) is 7.34. The van der Waals surface area contributed by atoms with Crippen LogP contribution in [0.5, 0.6) is 0 Å². The average Bonchev–Trinajstić information content (AvgIpc) is 2.52. The minimum Gasteiger partial charge on any atom is -0.343 e. The third-order valence-electron chi connectivity index (χ3n) is 3.05. The van der Waals surface area contributed by atoms with Crippen molar-refractivity contribution >= 4 is 5.91 Å². The van der Waals surface area contributed by atoms with Gasteiger partial charge in [-0.05, 0) is 32.2 Å². The van der Waals surface area contributed by atoms with Crippen molar-refractivity contribution in [1.29, 1.82) is 0 Å². The van der Waals surface area contributed by atoms with Crippen LogP contribution in [-0.2, 0) is 4.79 Å². The number of unbranched alkanes of at least 4 members (excludes halogenated alkanes) is 2. The second-order valence-corrected chi connectivity index (χ2v) is 4.39. The number of nitrogens with zero attached hydrogens (tertiary/aromatic N) is 1. The fraction of sp³-hybridized carbons (Fsp3) is 0.917. The average molecular weight is 212 g/mol. The van der Waals surface area contributed by atoms with Crippen molar-refractivity contribution in [3.8, 4) is 0 Å². The number of rotatable bonds is 5. The summed E-state index contributed by atoms with van der Waals surface area (Å²) in [6, 6.07) is 0. The molecule has 1 saturated heterocycles. The quantitative estimate of drug-likeness (QED) is 0.708. The number of likely N-dealkylation sites (tertiary alicyclic amines) is 1. The van der Waals surface area contributed by atoms with E-state index in [1.54, 1.807) is 0 Å². The molecule has 3 heteroatoms. The van der Waals surface area contributed by atoms with Crippen LogP contribution in [-0.4, -0.2) is 30.4 Å². The molecule has 0 spiro atoms. The highest BCUT2D eigenvalue weighted by molar-refractivity contribution is 5.76. The Hall–Kier alpha value is -0.570. The smallest absolute Gasteiger partial charge is 0.222 e. The van der Waals surface area contributed by atoms with Crippen LogP contribution in [0.4, 0.5) is 0 Å². The van der Waals surface area contributed by atoms with E-state index < -0.39 is 0 Å². The lowest BCUT2D eigenvalue weighted by molar-refractivity contribution is -0.131. The first kappa shape index (κ1) is 12.5. The Balaban J connectivity index is 2.14. The largest absolute Gasteiger partial charge is 0.343 e. The monoisotopic (exact) mass is 212 g/mol. The Morgan fingerprint density at radius 1 is 1.00 bits per heavy atom. The molecule has 0 aromatic heterocycles. The first-order valence-corrected chi connectivity index (χ1v) is 6.32. The Bertz CT molecular complexity index is 174. The predicted octanol–water partition coefficient (Wildman–Crippen LogP) is 1.91. The van der Waals surface area contributed by atoms with Crippen LogP contribution in [0.1, 0.15) is 51.4 Å². The molecule has 0 saturated carbocycles. The summed E-state index contributed by atoms with van der Waals surface area (Å²) in [6.07, 6.45) is 8.83. The number of hydrogen-bond acceptors (Lipinski definition) is 2. The lowest BCUT2D eigenvalue weighted by Gasteiger charge is -2.20. The summed E-state index contributed by atoms with van der Waals surface area (Å²) in [7, 11) is 0. The summed E-state index contributed by atoms with van der Waals surface area (Å²) in [6.45, 7) is 2.71. The van der Waals surface area contributed by atoms with E-state index in [9.17, 15) is 4.79 Å². The van der Waals surface area contributed by atoms with Gasteiger partial charge in [0.25, 0.3) is 0 Å². The van der Waals surface area contributed by atoms with Crippen LogP contribution in [0.2, 0.25) is 0 Å². The maximum absolute atomic E-state index is 11.8. The van der Waals surface area contributed by atoms with Gasteiger partial charge >= 0.3 is 0 Å². The van der Waals surface area contributed by atoms with E-state index in [-0.39, 0.29) is 0 Å². The minimum atomic E-state index is 0.355. The van der Waals surface area contributed by atoms with Crippen molar-refractivity contribution in [2.45, 2.75) is 51.4 Å². The van der Waals surface area contributed by atoms with Crippen LogP contribution in [0.25, 0.3) is 0 Å². The van der Waals surface area contributed by atoms with Gasteiger partial charge in [-0.3, -0.25) is 4.79 Å². The van der Waals surface area contributed by atoms with Gasteiger partial charge in [0, 0.05) is 19.5 Å². The van der Waals surface area contributed by atoms with Gasteiger partial charge in [-0.15, -0.1) is 0 Å². The fourth-order valence-corrected chi connectivity index (χ4v) is 2.08. The number of amides is 1. The van der Waals surface area contributed by atoms with E-state index in [1.807, 2.05) is 0 Å². The topological polar surface area (TPSA) is 46.3 Å². The van der Waals surface area contributed by atoms with E-state index in [0.717, 1.165) is 45.3 Å². The third-order valence-corrected chi connectivity index (χ3v) is 3.05. The van der Waals surface area contributed by atoms with E-state index in [1.165, 1.54) is 25.7 Å². The van der Waals surface area contributed by atoms with Gasteiger partial charge in [0.15, 0.2) is 0 Å². The third kappa shape index (κ3) is 5.17. The highest BCUT2D eigenvalue weighted by atomic mass is 16.2. The van der Waals surface area contributed by atoms with Crippen LogP contribution in [0, 0.1) is 0 Å². The second-order valence-electron chi connectivity index (χ2n) is 4.39. The van der Waals surface area contributed by atoms with Crippen LogP contribution < -0.4 is 5.73 Å². The number of carbonyl (C=O) groups excluding carboxylic acids is 1. The van der Waals surface area contributed by atoms with Crippen LogP contribution in [0.15, 0.2) is 0 Å². The van der Waals surface area contributed by atoms with Gasteiger partial charge < -0.3 is 10.6 Å². The molecule has 1 rings (SSSR count). The van der Waals surface area contributed by atoms with Crippen molar-refractivity contribution in [3.63, 3.8) is 0 Å². The van der Waals surface area contributed by atoms with E-state index >= 15 is 0 Å². The minimum absolute atomic E-state index is 0.355. The Morgan fingerprint density at radius 3 is 2.27 bits per heavy atom. The van der Waals surface area contributed by atoms with Crippen LogP contribution in [0.3, 0.4) is 0 Å². The summed E-state index contributed by atoms with van der Waals surface area (Å²) >= 11 is 0. The molecule has 1 aliphatic rings. The van der Waals surface area contributed by atoms with Crippen molar-refractivity contribution in [2.75, 3.05) is 19.6 Å². The standard InChI is InChI=1S/C12H24N2O/c13-9-5-3-4-8-12(15)14-10-6-1-2-7-11-14/h1-11,13H2. The summed E-state index contributed by atoms with van der Waals surface area (Å²) in [5.74, 6) is 0.355. The zero-order chi connectivity index (χ0) is 10.9.